The molecule has 1 aromatic heterocycles. The van der Waals surface area contributed by atoms with Crippen LogP contribution in [-0.4, -0.2) is 13.4 Å². The van der Waals surface area contributed by atoms with Crippen LogP contribution in [0.4, 0.5) is 0 Å². The first-order chi connectivity index (χ1) is 8.99. The summed E-state index contributed by atoms with van der Waals surface area (Å²) < 4.78 is 27.7. The average Bonchev–Trinajstić information content (AvgIpc) is 2.38. The molecule has 0 radical (unpaired) electrons. The topological polar surface area (TPSA) is 56.3 Å². The van der Waals surface area contributed by atoms with Crippen molar-refractivity contribution in [2.75, 3.05) is 0 Å². The second-order valence-corrected chi connectivity index (χ2v) is 6.44. The number of aromatic nitrogens is 1. The van der Waals surface area contributed by atoms with E-state index in [1.165, 1.54) is 18.3 Å². The SMILES string of the molecule is CCc1cccc(Oc2ccc(S(=O)(=O)Cl)cn2)c1. The van der Waals surface area contributed by atoms with Gasteiger partial charge in [0.2, 0.25) is 5.88 Å². The molecule has 4 nitrogen and oxygen atoms in total. The van der Waals surface area contributed by atoms with Crippen LogP contribution in [0, 0.1) is 0 Å². The molecule has 0 bridgehead atoms. The number of ether oxygens (including phenoxy) is 1. The molecular formula is C13H12ClNO3S. The van der Waals surface area contributed by atoms with E-state index in [1.807, 2.05) is 24.3 Å². The Labute approximate surface area is 116 Å². The zero-order chi connectivity index (χ0) is 13.9. The highest BCUT2D eigenvalue weighted by molar-refractivity contribution is 8.13. The Hall–Kier alpha value is -1.59. The third-order valence-corrected chi connectivity index (χ3v) is 3.86. The van der Waals surface area contributed by atoms with Gasteiger partial charge in [-0.05, 0) is 30.2 Å². The molecule has 1 heterocycles. The fraction of sp³-hybridized carbons (Fsp3) is 0.154. The van der Waals surface area contributed by atoms with E-state index >= 15 is 0 Å². The first-order valence-corrected chi connectivity index (χ1v) is 7.97. The van der Waals surface area contributed by atoms with Crippen LogP contribution < -0.4 is 4.74 Å². The highest BCUT2D eigenvalue weighted by Crippen LogP contribution is 2.22. The summed E-state index contributed by atoms with van der Waals surface area (Å²) in [5.41, 5.74) is 1.15. The molecule has 19 heavy (non-hydrogen) atoms. The van der Waals surface area contributed by atoms with Crippen molar-refractivity contribution in [1.29, 1.82) is 0 Å². The van der Waals surface area contributed by atoms with Crippen molar-refractivity contribution in [1.82, 2.24) is 4.98 Å². The summed E-state index contributed by atoms with van der Waals surface area (Å²) in [4.78, 5) is 3.86. The normalized spacial score (nSPS) is 11.3. The molecule has 1 aromatic carbocycles. The largest absolute Gasteiger partial charge is 0.439 e. The highest BCUT2D eigenvalue weighted by atomic mass is 35.7. The van der Waals surface area contributed by atoms with Crippen molar-refractivity contribution in [3.63, 3.8) is 0 Å². The third kappa shape index (κ3) is 3.68. The minimum Gasteiger partial charge on any atom is -0.439 e. The molecule has 6 heteroatoms. The Morgan fingerprint density at radius 1 is 1.26 bits per heavy atom. The predicted molar refractivity (Wildman–Crippen MR) is 73.2 cm³/mol. The number of benzene rings is 1. The van der Waals surface area contributed by atoms with Crippen molar-refractivity contribution in [2.24, 2.45) is 0 Å². The van der Waals surface area contributed by atoms with Crippen molar-refractivity contribution >= 4 is 19.7 Å². The van der Waals surface area contributed by atoms with Crippen LogP contribution in [0.2, 0.25) is 0 Å². The molecule has 0 aliphatic carbocycles. The molecule has 0 aliphatic rings. The lowest BCUT2D eigenvalue weighted by molar-refractivity contribution is 0.461. The monoisotopic (exact) mass is 297 g/mol. The molecular weight excluding hydrogens is 286 g/mol. The second kappa shape index (κ2) is 5.59. The standard InChI is InChI=1S/C13H12ClNO3S/c1-2-10-4-3-5-11(8-10)18-13-7-6-12(9-15-13)19(14,16)17/h3-9H,2H2,1H3. The van der Waals surface area contributed by atoms with Crippen LogP contribution in [-0.2, 0) is 15.5 Å². The first kappa shape index (κ1) is 13.8. The highest BCUT2D eigenvalue weighted by Gasteiger charge is 2.10. The Morgan fingerprint density at radius 3 is 2.63 bits per heavy atom. The van der Waals surface area contributed by atoms with Crippen LogP contribution in [0.15, 0.2) is 47.5 Å². The van der Waals surface area contributed by atoms with E-state index in [0.717, 1.165) is 12.0 Å². The second-order valence-electron chi connectivity index (χ2n) is 3.87. The summed E-state index contributed by atoms with van der Waals surface area (Å²) in [7, 11) is 1.45. The summed E-state index contributed by atoms with van der Waals surface area (Å²) in [6, 6.07) is 10.4. The summed E-state index contributed by atoms with van der Waals surface area (Å²) in [5, 5.41) is 0. The van der Waals surface area contributed by atoms with Gasteiger partial charge in [0.25, 0.3) is 9.05 Å². The zero-order valence-corrected chi connectivity index (χ0v) is 11.8. The minimum absolute atomic E-state index is 0.0520. The van der Waals surface area contributed by atoms with E-state index in [4.69, 9.17) is 15.4 Å². The minimum atomic E-state index is -3.75. The van der Waals surface area contributed by atoms with E-state index in [0.29, 0.717) is 11.6 Å². The Morgan fingerprint density at radius 2 is 2.05 bits per heavy atom. The van der Waals surface area contributed by atoms with Crippen LogP contribution in [0.3, 0.4) is 0 Å². The predicted octanol–water partition coefficient (Wildman–Crippen LogP) is 3.36. The van der Waals surface area contributed by atoms with Crippen LogP contribution in [0.25, 0.3) is 0 Å². The Bertz CT molecular complexity index is 669. The number of hydrogen-bond acceptors (Lipinski definition) is 4. The molecule has 2 aromatic rings. The van der Waals surface area contributed by atoms with Crippen LogP contribution >= 0.6 is 10.7 Å². The van der Waals surface area contributed by atoms with Crippen LogP contribution in [0.5, 0.6) is 11.6 Å². The van der Waals surface area contributed by atoms with Gasteiger partial charge in [-0.3, -0.25) is 0 Å². The molecule has 0 amide bonds. The molecule has 0 saturated heterocycles. The molecule has 0 N–H and O–H groups in total. The molecule has 100 valence electrons. The maximum absolute atomic E-state index is 11.1. The number of halogens is 1. The average molecular weight is 298 g/mol. The quantitative estimate of drug-likeness (QED) is 0.812. The molecule has 0 spiro atoms. The molecule has 2 rings (SSSR count). The number of rotatable bonds is 4. The van der Waals surface area contributed by atoms with E-state index in [-0.39, 0.29) is 4.90 Å². The maximum Gasteiger partial charge on any atom is 0.262 e. The number of pyridine rings is 1. The van der Waals surface area contributed by atoms with E-state index < -0.39 is 9.05 Å². The van der Waals surface area contributed by atoms with Gasteiger partial charge in [-0.2, -0.15) is 0 Å². The number of aryl methyl sites for hydroxylation is 1. The molecule has 0 unspecified atom stereocenters. The van der Waals surface area contributed by atoms with E-state index in [9.17, 15) is 8.42 Å². The van der Waals surface area contributed by atoms with Crippen molar-refractivity contribution in [3.05, 3.63) is 48.2 Å². The first-order valence-electron chi connectivity index (χ1n) is 5.66. The van der Waals surface area contributed by atoms with Gasteiger partial charge in [0, 0.05) is 16.7 Å². The summed E-state index contributed by atoms with van der Waals surface area (Å²) in [5.74, 6) is 0.977. The lowest BCUT2D eigenvalue weighted by Crippen LogP contribution is -1.93. The zero-order valence-electron chi connectivity index (χ0n) is 10.2. The van der Waals surface area contributed by atoms with Gasteiger partial charge < -0.3 is 4.74 Å². The van der Waals surface area contributed by atoms with Gasteiger partial charge in [-0.25, -0.2) is 13.4 Å². The Kier molecular flexibility index (Phi) is 4.07. The van der Waals surface area contributed by atoms with E-state index in [2.05, 4.69) is 11.9 Å². The van der Waals surface area contributed by atoms with Gasteiger partial charge in [0.1, 0.15) is 10.6 Å². The fourth-order valence-corrected chi connectivity index (χ4v) is 2.20. The Balaban J connectivity index is 2.19. The summed E-state index contributed by atoms with van der Waals surface area (Å²) in [6.07, 6.45) is 2.08. The maximum atomic E-state index is 11.1. The fourth-order valence-electron chi connectivity index (χ4n) is 1.52. The lowest BCUT2D eigenvalue weighted by atomic mass is 10.2. The van der Waals surface area contributed by atoms with Gasteiger partial charge >= 0.3 is 0 Å². The van der Waals surface area contributed by atoms with Gasteiger partial charge in [-0.15, -0.1) is 0 Å². The van der Waals surface area contributed by atoms with Gasteiger partial charge in [-0.1, -0.05) is 19.1 Å². The van der Waals surface area contributed by atoms with Crippen molar-refractivity contribution < 1.29 is 13.2 Å². The summed E-state index contributed by atoms with van der Waals surface area (Å²) in [6.45, 7) is 2.05. The molecule has 0 fully saturated rings. The molecule has 0 atom stereocenters. The third-order valence-electron chi connectivity index (χ3n) is 2.52. The molecule has 0 saturated carbocycles. The molecule has 0 aliphatic heterocycles. The number of hydrogen-bond donors (Lipinski definition) is 0. The van der Waals surface area contributed by atoms with Crippen molar-refractivity contribution in [2.45, 2.75) is 18.2 Å². The summed E-state index contributed by atoms with van der Waals surface area (Å²) >= 11 is 0. The van der Waals surface area contributed by atoms with Gasteiger partial charge in [0.15, 0.2) is 0 Å². The van der Waals surface area contributed by atoms with Gasteiger partial charge in [0.05, 0.1) is 6.20 Å². The number of nitrogens with zero attached hydrogens (tertiary/aromatic N) is 1. The van der Waals surface area contributed by atoms with Crippen molar-refractivity contribution in [3.8, 4) is 11.6 Å². The smallest absolute Gasteiger partial charge is 0.262 e. The van der Waals surface area contributed by atoms with E-state index in [1.54, 1.807) is 0 Å². The lowest BCUT2D eigenvalue weighted by Gasteiger charge is -2.06. The van der Waals surface area contributed by atoms with Crippen LogP contribution in [0.1, 0.15) is 12.5 Å².